The van der Waals surface area contributed by atoms with Crippen LogP contribution < -0.4 is 16.0 Å². The van der Waals surface area contributed by atoms with Crippen molar-refractivity contribution in [2.75, 3.05) is 13.2 Å². The molecule has 0 aromatic carbocycles. The van der Waals surface area contributed by atoms with E-state index in [-0.39, 0.29) is 5.56 Å². The van der Waals surface area contributed by atoms with Crippen LogP contribution in [0.4, 0.5) is 0 Å². The standard InChI is InChI=1S/C12H18N2O2/c1-2-10-16-11-6-5-9-14(12(11)15)8-4-3-7-13/h2,5-6,9H,1,3-4,7-8,10,13H2. The second-order valence-corrected chi connectivity index (χ2v) is 3.47. The van der Waals surface area contributed by atoms with Gasteiger partial charge in [0.05, 0.1) is 0 Å². The first kappa shape index (κ1) is 12.5. The number of pyridine rings is 1. The molecule has 0 spiro atoms. The van der Waals surface area contributed by atoms with E-state index in [1.165, 1.54) is 0 Å². The highest BCUT2D eigenvalue weighted by atomic mass is 16.5. The van der Waals surface area contributed by atoms with E-state index in [9.17, 15) is 4.79 Å². The molecule has 0 aliphatic carbocycles. The average molecular weight is 222 g/mol. The summed E-state index contributed by atoms with van der Waals surface area (Å²) in [4.78, 5) is 11.8. The molecule has 1 aromatic rings. The number of nitrogens with zero attached hydrogens (tertiary/aromatic N) is 1. The molecule has 1 rings (SSSR count). The summed E-state index contributed by atoms with van der Waals surface area (Å²) in [6.45, 7) is 5.23. The van der Waals surface area contributed by atoms with Crippen molar-refractivity contribution in [3.63, 3.8) is 0 Å². The Labute approximate surface area is 95.3 Å². The maximum Gasteiger partial charge on any atom is 0.292 e. The molecule has 0 saturated heterocycles. The van der Waals surface area contributed by atoms with Crippen LogP contribution in [0.25, 0.3) is 0 Å². The maximum atomic E-state index is 11.8. The fraction of sp³-hybridized carbons (Fsp3) is 0.417. The monoisotopic (exact) mass is 222 g/mol. The molecule has 1 aromatic heterocycles. The molecule has 0 bridgehead atoms. The van der Waals surface area contributed by atoms with Crippen molar-refractivity contribution in [3.8, 4) is 5.75 Å². The van der Waals surface area contributed by atoms with Gasteiger partial charge in [0, 0.05) is 12.7 Å². The van der Waals surface area contributed by atoms with Gasteiger partial charge in [-0.05, 0) is 31.5 Å². The Kier molecular flexibility index (Phi) is 5.36. The van der Waals surface area contributed by atoms with Crippen LogP contribution in [-0.2, 0) is 6.54 Å². The van der Waals surface area contributed by atoms with Crippen LogP contribution in [-0.4, -0.2) is 17.7 Å². The normalized spacial score (nSPS) is 10.1. The molecule has 0 fully saturated rings. The van der Waals surface area contributed by atoms with Gasteiger partial charge in [-0.1, -0.05) is 12.7 Å². The van der Waals surface area contributed by atoms with E-state index in [1.807, 2.05) is 6.07 Å². The molecular formula is C12H18N2O2. The summed E-state index contributed by atoms with van der Waals surface area (Å²) >= 11 is 0. The molecule has 0 aliphatic heterocycles. The first-order valence-corrected chi connectivity index (χ1v) is 5.43. The lowest BCUT2D eigenvalue weighted by molar-refractivity contribution is 0.353. The number of unbranched alkanes of at least 4 members (excludes halogenated alkanes) is 1. The molecule has 0 unspecified atom stereocenters. The van der Waals surface area contributed by atoms with Gasteiger partial charge in [-0.2, -0.15) is 0 Å². The van der Waals surface area contributed by atoms with E-state index < -0.39 is 0 Å². The Morgan fingerprint density at radius 3 is 3.00 bits per heavy atom. The SMILES string of the molecule is C=CCOc1cccn(CCCCN)c1=O. The van der Waals surface area contributed by atoms with Gasteiger partial charge in [0.1, 0.15) is 6.61 Å². The smallest absolute Gasteiger partial charge is 0.292 e. The van der Waals surface area contributed by atoms with Crippen LogP contribution in [0, 0.1) is 0 Å². The van der Waals surface area contributed by atoms with Crippen LogP contribution >= 0.6 is 0 Å². The highest BCUT2D eigenvalue weighted by Crippen LogP contribution is 2.02. The maximum absolute atomic E-state index is 11.8. The molecule has 4 nitrogen and oxygen atoms in total. The molecule has 88 valence electrons. The second kappa shape index (κ2) is 6.85. The lowest BCUT2D eigenvalue weighted by atomic mass is 10.3. The minimum Gasteiger partial charge on any atom is -0.484 e. The van der Waals surface area contributed by atoms with Crippen LogP contribution in [0.15, 0.2) is 35.8 Å². The number of hydrogen-bond acceptors (Lipinski definition) is 3. The molecule has 0 radical (unpaired) electrons. The second-order valence-electron chi connectivity index (χ2n) is 3.47. The van der Waals surface area contributed by atoms with Crippen LogP contribution in [0.3, 0.4) is 0 Å². The molecule has 16 heavy (non-hydrogen) atoms. The molecule has 0 saturated carbocycles. The zero-order valence-electron chi connectivity index (χ0n) is 9.39. The van der Waals surface area contributed by atoms with Crippen LogP contribution in [0.5, 0.6) is 5.75 Å². The summed E-state index contributed by atoms with van der Waals surface area (Å²) in [6, 6.07) is 3.48. The molecule has 2 N–H and O–H groups in total. The minimum atomic E-state index is -0.0960. The molecule has 0 aliphatic rings. The Hall–Kier alpha value is -1.55. The summed E-state index contributed by atoms with van der Waals surface area (Å²) in [5.74, 6) is 0.371. The first-order valence-electron chi connectivity index (χ1n) is 5.43. The van der Waals surface area contributed by atoms with Crippen molar-refractivity contribution < 1.29 is 4.74 Å². The van der Waals surface area contributed by atoms with Gasteiger partial charge in [0.15, 0.2) is 5.75 Å². The predicted octanol–water partition coefficient (Wildman–Crippen LogP) is 1.15. The van der Waals surface area contributed by atoms with Crippen LogP contribution in [0.1, 0.15) is 12.8 Å². The Bertz CT molecular complexity index is 385. The molecule has 0 atom stereocenters. The fourth-order valence-corrected chi connectivity index (χ4v) is 1.38. The summed E-state index contributed by atoms with van der Waals surface area (Å²) in [6.07, 6.45) is 5.20. The van der Waals surface area contributed by atoms with Gasteiger partial charge in [-0.25, -0.2) is 0 Å². The Morgan fingerprint density at radius 2 is 2.31 bits per heavy atom. The van der Waals surface area contributed by atoms with Crippen molar-refractivity contribution >= 4 is 0 Å². The van der Waals surface area contributed by atoms with Crippen molar-refractivity contribution in [2.45, 2.75) is 19.4 Å². The van der Waals surface area contributed by atoms with E-state index in [0.717, 1.165) is 12.8 Å². The number of ether oxygens (including phenoxy) is 1. The van der Waals surface area contributed by atoms with E-state index in [1.54, 1.807) is 22.9 Å². The topological polar surface area (TPSA) is 57.2 Å². The van der Waals surface area contributed by atoms with Crippen molar-refractivity contribution in [1.82, 2.24) is 4.57 Å². The lowest BCUT2D eigenvalue weighted by Crippen LogP contribution is -2.21. The lowest BCUT2D eigenvalue weighted by Gasteiger charge is -2.07. The Balaban J connectivity index is 2.70. The zero-order valence-corrected chi connectivity index (χ0v) is 9.39. The number of nitrogens with two attached hydrogens (primary N) is 1. The van der Waals surface area contributed by atoms with E-state index in [4.69, 9.17) is 10.5 Å². The van der Waals surface area contributed by atoms with Crippen molar-refractivity contribution in [1.29, 1.82) is 0 Å². The highest BCUT2D eigenvalue weighted by Gasteiger charge is 2.02. The largest absolute Gasteiger partial charge is 0.484 e. The molecular weight excluding hydrogens is 204 g/mol. The van der Waals surface area contributed by atoms with Gasteiger partial charge < -0.3 is 15.0 Å². The van der Waals surface area contributed by atoms with Gasteiger partial charge in [-0.15, -0.1) is 0 Å². The number of hydrogen-bond donors (Lipinski definition) is 1. The van der Waals surface area contributed by atoms with E-state index in [2.05, 4.69) is 6.58 Å². The third-order valence-electron chi connectivity index (χ3n) is 2.20. The van der Waals surface area contributed by atoms with Crippen LogP contribution in [0.2, 0.25) is 0 Å². The fourth-order valence-electron chi connectivity index (χ4n) is 1.38. The van der Waals surface area contributed by atoms with Gasteiger partial charge in [0.2, 0.25) is 0 Å². The molecule has 0 amide bonds. The van der Waals surface area contributed by atoms with Crippen molar-refractivity contribution in [2.24, 2.45) is 5.73 Å². The quantitative estimate of drug-likeness (QED) is 0.556. The van der Waals surface area contributed by atoms with Gasteiger partial charge in [-0.3, -0.25) is 4.79 Å². The first-order chi connectivity index (χ1) is 7.79. The van der Waals surface area contributed by atoms with Gasteiger partial charge in [0.25, 0.3) is 5.56 Å². The average Bonchev–Trinajstić information content (AvgIpc) is 2.30. The zero-order chi connectivity index (χ0) is 11.8. The van der Waals surface area contributed by atoms with Gasteiger partial charge >= 0.3 is 0 Å². The van der Waals surface area contributed by atoms with E-state index >= 15 is 0 Å². The third-order valence-corrected chi connectivity index (χ3v) is 2.20. The number of aryl methyl sites for hydroxylation is 1. The third kappa shape index (κ3) is 3.55. The molecule has 4 heteroatoms. The van der Waals surface area contributed by atoms with Crippen molar-refractivity contribution in [3.05, 3.63) is 41.3 Å². The summed E-state index contributed by atoms with van der Waals surface area (Å²) in [5, 5.41) is 0. The summed E-state index contributed by atoms with van der Waals surface area (Å²) < 4.78 is 6.90. The predicted molar refractivity (Wildman–Crippen MR) is 64.7 cm³/mol. The Morgan fingerprint density at radius 1 is 1.50 bits per heavy atom. The highest BCUT2D eigenvalue weighted by molar-refractivity contribution is 5.17. The molecule has 1 heterocycles. The minimum absolute atomic E-state index is 0.0960. The van der Waals surface area contributed by atoms with E-state index in [0.29, 0.717) is 25.4 Å². The number of aromatic nitrogens is 1. The summed E-state index contributed by atoms with van der Waals surface area (Å²) in [5.41, 5.74) is 5.31. The summed E-state index contributed by atoms with van der Waals surface area (Å²) in [7, 11) is 0. The number of rotatable bonds is 7.